The third kappa shape index (κ3) is 6.48. The lowest BCUT2D eigenvalue weighted by Crippen LogP contribution is -2.23. The van der Waals surface area contributed by atoms with Gasteiger partial charge in [-0.2, -0.15) is 8.78 Å². The van der Waals surface area contributed by atoms with Crippen molar-refractivity contribution in [2.45, 2.75) is 44.8 Å². The van der Waals surface area contributed by atoms with Gasteiger partial charge in [0.25, 0.3) is 0 Å². The Bertz CT molecular complexity index is 460. The molecule has 2 nitrogen and oxygen atoms in total. The predicted octanol–water partition coefficient (Wildman–Crippen LogP) is 3.74. The van der Waals surface area contributed by atoms with Gasteiger partial charge in [-0.15, -0.1) is 0 Å². The molecule has 5 heteroatoms. The van der Waals surface area contributed by atoms with Crippen LogP contribution >= 0.6 is 0 Å². The van der Waals surface area contributed by atoms with E-state index < -0.39 is 18.0 Å². The highest BCUT2D eigenvalue weighted by Gasteiger charge is 2.29. The van der Waals surface area contributed by atoms with Gasteiger partial charge in [-0.1, -0.05) is 25.7 Å². The van der Waals surface area contributed by atoms with Gasteiger partial charge in [-0.25, -0.2) is 4.39 Å². The predicted molar refractivity (Wildman–Crippen MR) is 69.9 cm³/mol. The SMILES string of the molecule is CCCCCC(O)C#CC(F)(F)Oc1ccc(F)cc1. The molecule has 110 valence electrons. The number of hydrogen-bond donors (Lipinski definition) is 1. The first-order valence-corrected chi connectivity index (χ1v) is 6.46. The first-order valence-electron chi connectivity index (χ1n) is 6.46. The Kier molecular flexibility index (Phi) is 6.40. The number of aliphatic hydroxyl groups is 1. The van der Waals surface area contributed by atoms with Gasteiger partial charge in [0.2, 0.25) is 0 Å². The molecule has 0 saturated carbocycles. The average Bonchev–Trinajstić information content (AvgIpc) is 2.39. The molecule has 20 heavy (non-hydrogen) atoms. The highest BCUT2D eigenvalue weighted by molar-refractivity contribution is 5.24. The monoisotopic (exact) mass is 286 g/mol. The quantitative estimate of drug-likeness (QED) is 0.637. The first-order chi connectivity index (χ1) is 9.43. The van der Waals surface area contributed by atoms with Crippen LogP contribution in [0.2, 0.25) is 0 Å². The number of hydrogen-bond acceptors (Lipinski definition) is 2. The van der Waals surface area contributed by atoms with Crippen LogP contribution in [0.4, 0.5) is 13.2 Å². The number of unbranched alkanes of at least 4 members (excludes halogenated alkanes) is 2. The third-order valence-electron chi connectivity index (χ3n) is 2.53. The molecule has 0 aromatic heterocycles. The van der Waals surface area contributed by atoms with Gasteiger partial charge in [-0.05, 0) is 37.1 Å². The molecule has 0 aliphatic heterocycles. The van der Waals surface area contributed by atoms with E-state index in [1.54, 1.807) is 5.92 Å². The van der Waals surface area contributed by atoms with Crippen LogP contribution in [0.15, 0.2) is 24.3 Å². The van der Waals surface area contributed by atoms with Gasteiger partial charge < -0.3 is 9.84 Å². The maximum Gasteiger partial charge on any atom is 0.468 e. The molecule has 0 bridgehead atoms. The van der Waals surface area contributed by atoms with E-state index in [1.165, 1.54) is 0 Å². The summed E-state index contributed by atoms with van der Waals surface area (Å²) in [6.07, 6.45) is -1.83. The Hall–Kier alpha value is -1.67. The van der Waals surface area contributed by atoms with E-state index in [0.29, 0.717) is 6.42 Å². The number of halogens is 3. The summed E-state index contributed by atoms with van der Waals surface area (Å²) in [5.74, 6) is 2.94. The van der Waals surface area contributed by atoms with Gasteiger partial charge >= 0.3 is 6.11 Å². The molecule has 1 N–H and O–H groups in total. The van der Waals surface area contributed by atoms with Crippen LogP contribution in [0.1, 0.15) is 32.6 Å². The van der Waals surface area contributed by atoms with Crippen LogP contribution in [-0.4, -0.2) is 17.3 Å². The standard InChI is InChI=1S/C15H17F3O2/c1-2-3-4-5-13(19)10-11-15(17,18)20-14-8-6-12(16)7-9-14/h6-9,13,19H,2-5H2,1H3. The molecule has 0 amide bonds. The summed E-state index contributed by atoms with van der Waals surface area (Å²) < 4.78 is 43.7. The van der Waals surface area contributed by atoms with Crippen molar-refractivity contribution < 1.29 is 23.0 Å². The second-order valence-corrected chi connectivity index (χ2v) is 4.35. The summed E-state index contributed by atoms with van der Waals surface area (Å²) >= 11 is 0. The molecule has 1 rings (SSSR count). The number of benzene rings is 1. The van der Waals surface area contributed by atoms with Crippen LogP contribution in [0.5, 0.6) is 5.75 Å². The Labute approximate surface area is 116 Å². The van der Waals surface area contributed by atoms with Crippen molar-refractivity contribution in [3.8, 4) is 17.6 Å². The first kappa shape index (κ1) is 16.4. The van der Waals surface area contributed by atoms with Gasteiger partial charge in [0.05, 0.1) is 0 Å². The lowest BCUT2D eigenvalue weighted by atomic mass is 10.1. The third-order valence-corrected chi connectivity index (χ3v) is 2.53. The van der Waals surface area contributed by atoms with Gasteiger partial charge in [0.1, 0.15) is 17.7 Å². The van der Waals surface area contributed by atoms with Crippen LogP contribution in [-0.2, 0) is 0 Å². The average molecular weight is 286 g/mol. The molecule has 1 atom stereocenters. The molecule has 0 fully saturated rings. The summed E-state index contributed by atoms with van der Waals surface area (Å²) in [6, 6.07) is 4.20. The highest BCUT2D eigenvalue weighted by atomic mass is 19.3. The summed E-state index contributed by atoms with van der Waals surface area (Å²) in [4.78, 5) is 0. The second-order valence-electron chi connectivity index (χ2n) is 4.35. The zero-order valence-electron chi connectivity index (χ0n) is 11.2. The van der Waals surface area contributed by atoms with Crippen molar-refractivity contribution in [2.24, 2.45) is 0 Å². The maximum absolute atomic E-state index is 13.4. The molecule has 0 spiro atoms. The zero-order valence-corrected chi connectivity index (χ0v) is 11.2. The summed E-state index contributed by atoms with van der Waals surface area (Å²) in [5.41, 5.74) is 0. The Balaban J connectivity index is 2.54. The fourth-order valence-electron chi connectivity index (χ4n) is 1.50. The van der Waals surface area contributed by atoms with Crippen molar-refractivity contribution >= 4 is 0 Å². The number of ether oxygens (including phenoxy) is 1. The molecular formula is C15H17F3O2. The normalized spacial score (nSPS) is 12.4. The summed E-state index contributed by atoms with van der Waals surface area (Å²) in [5, 5.41) is 9.43. The molecule has 0 radical (unpaired) electrons. The Morgan fingerprint density at radius 1 is 1.25 bits per heavy atom. The van der Waals surface area contributed by atoms with E-state index in [4.69, 9.17) is 0 Å². The fraction of sp³-hybridized carbons (Fsp3) is 0.467. The van der Waals surface area contributed by atoms with E-state index in [9.17, 15) is 18.3 Å². The van der Waals surface area contributed by atoms with Crippen LogP contribution in [0.3, 0.4) is 0 Å². The lowest BCUT2D eigenvalue weighted by Gasteiger charge is -2.12. The Morgan fingerprint density at radius 3 is 2.50 bits per heavy atom. The Morgan fingerprint density at radius 2 is 1.90 bits per heavy atom. The minimum atomic E-state index is -3.72. The smallest absolute Gasteiger partial charge is 0.423 e. The summed E-state index contributed by atoms with van der Waals surface area (Å²) in [7, 11) is 0. The fourth-order valence-corrected chi connectivity index (χ4v) is 1.50. The van der Waals surface area contributed by atoms with E-state index >= 15 is 0 Å². The van der Waals surface area contributed by atoms with Crippen molar-refractivity contribution in [3.63, 3.8) is 0 Å². The molecular weight excluding hydrogens is 269 g/mol. The van der Waals surface area contributed by atoms with E-state index in [-0.39, 0.29) is 5.75 Å². The molecule has 0 saturated heterocycles. The molecule has 0 aliphatic rings. The van der Waals surface area contributed by atoms with Crippen LogP contribution < -0.4 is 4.74 Å². The van der Waals surface area contributed by atoms with Crippen molar-refractivity contribution in [1.29, 1.82) is 0 Å². The largest absolute Gasteiger partial charge is 0.468 e. The van der Waals surface area contributed by atoms with E-state index in [2.05, 4.69) is 10.7 Å². The minimum absolute atomic E-state index is 0.189. The highest BCUT2D eigenvalue weighted by Crippen LogP contribution is 2.21. The zero-order chi connectivity index (χ0) is 15.0. The lowest BCUT2D eigenvalue weighted by molar-refractivity contribution is -0.122. The molecule has 1 unspecified atom stereocenters. The topological polar surface area (TPSA) is 29.5 Å². The van der Waals surface area contributed by atoms with Crippen LogP contribution in [0, 0.1) is 17.7 Å². The second kappa shape index (κ2) is 7.81. The van der Waals surface area contributed by atoms with E-state index in [1.807, 2.05) is 6.92 Å². The molecule has 0 heterocycles. The van der Waals surface area contributed by atoms with Gasteiger partial charge in [0, 0.05) is 5.92 Å². The summed E-state index contributed by atoms with van der Waals surface area (Å²) in [6.45, 7) is 2.00. The van der Waals surface area contributed by atoms with Gasteiger partial charge in [0.15, 0.2) is 0 Å². The number of rotatable bonds is 6. The van der Waals surface area contributed by atoms with Crippen molar-refractivity contribution in [3.05, 3.63) is 30.1 Å². The van der Waals surface area contributed by atoms with Gasteiger partial charge in [-0.3, -0.25) is 0 Å². The maximum atomic E-state index is 13.4. The molecule has 1 aromatic rings. The van der Waals surface area contributed by atoms with E-state index in [0.717, 1.165) is 43.5 Å². The van der Waals surface area contributed by atoms with Crippen molar-refractivity contribution in [2.75, 3.05) is 0 Å². The van der Waals surface area contributed by atoms with Crippen molar-refractivity contribution in [1.82, 2.24) is 0 Å². The van der Waals surface area contributed by atoms with Crippen LogP contribution in [0.25, 0.3) is 0 Å². The number of alkyl halides is 2. The molecule has 0 aliphatic carbocycles. The molecule has 1 aromatic carbocycles. The minimum Gasteiger partial charge on any atom is -0.423 e. The number of aliphatic hydroxyl groups excluding tert-OH is 1.